The third kappa shape index (κ3) is 4.77. The fraction of sp³-hybridized carbons (Fsp3) is 0.300. The summed E-state index contributed by atoms with van der Waals surface area (Å²) in [4.78, 5) is 24.8. The number of esters is 1. The molecule has 0 aliphatic rings. The molecule has 2 rings (SSSR count). The van der Waals surface area contributed by atoms with E-state index in [4.69, 9.17) is 27.9 Å². The number of para-hydroxylation sites is 1. The van der Waals surface area contributed by atoms with Crippen molar-refractivity contribution in [3.63, 3.8) is 0 Å². The molecule has 0 aliphatic heterocycles. The standard InChI is InChI=1S/C20H21Cl2NO3/c1-11(2)15-7-5-6-12(3)18(15)23-19(24)13(4)26-20(25)16-10-14(21)8-9-17(16)22/h5-11,13H,1-4H3,(H,23,24)/t13-/m1/s1. The minimum atomic E-state index is -0.989. The number of ether oxygens (including phenoxy) is 1. The number of carbonyl (C=O) groups excluding carboxylic acids is 2. The van der Waals surface area contributed by atoms with Gasteiger partial charge in [0.15, 0.2) is 6.10 Å². The largest absolute Gasteiger partial charge is 0.449 e. The molecule has 0 unspecified atom stereocenters. The van der Waals surface area contributed by atoms with Gasteiger partial charge in [-0.1, -0.05) is 55.2 Å². The quantitative estimate of drug-likeness (QED) is 0.671. The first-order valence-corrected chi connectivity index (χ1v) is 9.02. The zero-order valence-electron chi connectivity index (χ0n) is 15.1. The molecule has 0 aromatic heterocycles. The monoisotopic (exact) mass is 393 g/mol. The van der Waals surface area contributed by atoms with Gasteiger partial charge in [-0.3, -0.25) is 4.79 Å². The lowest BCUT2D eigenvalue weighted by Gasteiger charge is -2.19. The van der Waals surface area contributed by atoms with E-state index in [0.717, 1.165) is 16.8 Å². The van der Waals surface area contributed by atoms with Gasteiger partial charge in [0.2, 0.25) is 0 Å². The van der Waals surface area contributed by atoms with Gasteiger partial charge in [-0.2, -0.15) is 0 Å². The van der Waals surface area contributed by atoms with Gasteiger partial charge in [0.05, 0.1) is 10.6 Å². The first-order chi connectivity index (χ1) is 12.2. The second kappa shape index (κ2) is 8.56. The highest BCUT2D eigenvalue weighted by atomic mass is 35.5. The molecule has 1 N–H and O–H groups in total. The van der Waals surface area contributed by atoms with Gasteiger partial charge in [0, 0.05) is 10.7 Å². The molecule has 0 fully saturated rings. The molecule has 6 heteroatoms. The molecule has 2 aromatic rings. The van der Waals surface area contributed by atoms with Crippen molar-refractivity contribution in [3.05, 3.63) is 63.1 Å². The lowest BCUT2D eigenvalue weighted by atomic mass is 9.98. The molecule has 0 saturated heterocycles. The van der Waals surface area contributed by atoms with Crippen LogP contribution in [0.2, 0.25) is 10.0 Å². The summed E-state index contributed by atoms with van der Waals surface area (Å²) in [6.07, 6.45) is -0.989. The number of amides is 1. The lowest BCUT2D eigenvalue weighted by Crippen LogP contribution is -2.30. The van der Waals surface area contributed by atoms with Crippen LogP contribution in [0.25, 0.3) is 0 Å². The topological polar surface area (TPSA) is 55.4 Å². The van der Waals surface area contributed by atoms with Crippen molar-refractivity contribution in [1.29, 1.82) is 0 Å². The van der Waals surface area contributed by atoms with Crippen molar-refractivity contribution < 1.29 is 14.3 Å². The summed E-state index contributed by atoms with van der Waals surface area (Å²) < 4.78 is 5.25. The summed E-state index contributed by atoms with van der Waals surface area (Å²) in [5.41, 5.74) is 2.84. The Morgan fingerprint density at radius 3 is 2.42 bits per heavy atom. The van der Waals surface area contributed by atoms with Crippen LogP contribution in [0, 0.1) is 6.92 Å². The van der Waals surface area contributed by atoms with Crippen LogP contribution in [0.15, 0.2) is 36.4 Å². The maximum atomic E-state index is 12.5. The van der Waals surface area contributed by atoms with Gasteiger partial charge >= 0.3 is 5.97 Å². The molecule has 0 heterocycles. The van der Waals surface area contributed by atoms with Crippen molar-refractivity contribution in [2.75, 3.05) is 5.32 Å². The number of carbonyl (C=O) groups is 2. The fourth-order valence-corrected chi connectivity index (χ4v) is 2.87. The fourth-order valence-electron chi connectivity index (χ4n) is 2.50. The number of aryl methyl sites for hydroxylation is 1. The Bertz CT molecular complexity index is 834. The SMILES string of the molecule is Cc1cccc(C(C)C)c1NC(=O)[C@@H](C)OC(=O)c1cc(Cl)ccc1Cl. The molecule has 2 aromatic carbocycles. The van der Waals surface area contributed by atoms with Gasteiger partial charge in [0.25, 0.3) is 5.91 Å². The zero-order valence-corrected chi connectivity index (χ0v) is 16.6. The minimum Gasteiger partial charge on any atom is -0.449 e. The van der Waals surface area contributed by atoms with Crippen LogP contribution in [0.1, 0.15) is 48.2 Å². The third-order valence-corrected chi connectivity index (χ3v) is 4.54. The van der Waals surface area contributed by atoms with Crippen molar-refractivity contribution in [2.45, 2.75) is 39.7 Å². The summed E-state index contributed by atoms with van der Waals surface area (Å²) in [6.45, 7) is 7.53. The molecule has 1 amide bonds. The van der Waals surface area contributed by atoms with E-state index in [2.05, 4.69) is 19.2 Å². The number of benzene rings is 2. The average molecular weight is 394 g/mol. The highest BCUT2D eigenvalue weighted by Crippen LogP contribution is 2.28. The van der Waals surface area contributed by atoms with Crippen LogP contribution >= 0.6 is 23.2 Å². The number of rotatable bonds is 5. The van der Waals surface area contributed by atoms with Crippen LogP contribution in [0.4, 0.5) is 5.69 Å². The van der Waals surface area contributed by atoms with Crippen LogP contribution in [-0.4, -0.2) is 18.0 Å². The van der Waals surface area contributed by atoms with Gasteiger partial charge < -0.3 is 10.1 Å². The maximum Gasteiger partial charge on any atom is 0.340 e. The second-order valence-corrected chi connectivity index (χ2v) is 7.20. The number of anilines is 1. The number of halogens is 2. The van der Waals surface area contributed by atoms with Crippen molar-refractivity contribution in [2.24, 2.45) is 0 Å². The summed E-state index contributed by atoms with van der Waals surface area (Å²) >= 11 is 11.9. The predicted molar refractivity (Wildman–Crippen MR) is 105 cm³/mol. The van der Waals surface area contributed by atoms with E-state index < -0.39 is 18.0 Å². The maximum absolute atomic E-state index is 12.5. The van der Waals surface area contributed by atoms with E-state index in [-0.39, 0.29) is 16.5 Å². The molecule has 1 atom stereocenters. The molecule has 4 nitrogen and oxygen atoms in total. The Morgan fingerprint density at radius 1 is 1.08 bits per heavy atom. The summed E-state index contributed by atoms with van der Waals surface area (Å²) in [6, 6.07) is 10.3. The van der Waals surface area contributed by atoms with Crippen molar-refractivity contribution in [1.82, 2.24) is 0 Å². The van der Waals surface area contributed by atoms with E-state index in [9.17, 15) is 9.59 Å². The Labute approximate surface area is 163 Å². The van der Waals surface area contributed by atoms with Gasteiger partial charge in [-0.15, -0.1) is 0 Å². The van der Waals surface area contributed by atoms with Crippen LogP contribution < -0.4 is 5.32 Å². The summed E-state index contributed by atoms with van der Waals surface area (Å²) in [5, 5.41) is 3.44. The molecule has 0 bridgehead atoms. The van der Waals surface area contributed by atoms with E-state index in [1.54, 1.807) is 6.07 Å². The van der Waals surface area contributed by atoms with Crippen LogP contribution in [0.3, 0.4) is 0 Å². The van der Waals surface area contributed by atoms with Gasteiger partial charge in [-0.05, 0) is 49.1 Å². The third-order valence-electron chi connectivity index (χ3n) is 3.98. The van der Waals surface area contributed by atoms with E-state index in [1.165, 1.54) is 19.1 Å². The van der Waals surface area contributed by atoms with Crippen molar-refractivity contribution in [3.8, 4) is 0 Å². The molecule has 26 heavy (non-hydrogen) atoms. The Kier molecular flexibility index (Phi) is 6.68. The minimum absolute atomic E-state index is 0.123. The first kappa shape index (κ1) is 20.3. The predicted octanol–water partition coefficient (Wildman–Crippen LogP) is 5.61. The Balaban J connectivity index is 2.14. The van der Waals surface area contributed by atoms with E-state index in [0.29, 0.717) is 5.02 Å². The number of nitrogens with one attached hydrogen (secondary N) is 1. The molecule has 0 saturated carbocycles. The molecular weight excluding hydrogens is 373 g/mol. The molecule has 138 valence electrons. The van der Waals surface area contributed by atoms with Crippen molar-refractivity contribution >= 4 is 40.8 Å². The molecule has 0 radical (unpaired) electrons. The molecular formula is C20H21Cl2NO3. The highest BCUT2D eigenvalue weighted by Gasteiger charge is 2.22. The van der Waals surface area contributed by atoms with E-state index in [1.807, 2.05) is 25.1 Å². The second-order valence-electron chi connectivity index (χ2n) is 6.35. The average Bonchev–Trinajstić information content (AvgIpc) is 2.58. The van der Waals surface area contributed by atoms with E-state index >= 15 is 0 Å². The lowest BCUT2D eigenvalue weighted by molar-refractivity contribution is -0.123. The molecule has 0 spiro atoms. The van der Waals surface area contributed by atoms with Crippen LogP contribution in [-0.2, 0) is 9.53 Å². The van der Waals surface area contributed by atoms with Gasteiger partial charge in [0.1, 0.15) is 0 Å². The first-order valence-electron chi connectivity index (χ1n) is 8.27. The van der Waals surface area contributed by atoms with Crippen LogP contribution in [0.5, 0.6) is 0 Å². The summed E-state index contributed by atoms with van der Waals surface area (Å²) in [7, 11) is 0. The summed E-state index contributed by atoms with van der Waals surface area (Å²) in [5.74, 6) is -0.866. The highest BCUT2D eigenvalue weighted by molar-refractivity contribution is 6.35. The Morgan fingerprint density at radius 2 is 1.77 bits per heavy atom. The molecule has 0 aliphatic carbocycles. The van der Waals surface area contributed by atoms with Gasteiger partial charge in [-0.25, -0.2) is 4.79 Å². The normalized spacial score (nSPS) is 12.0. The smallest absolute Gasteiger partial charge is 0.340 e. The number of hydrogen-bond acceptors (Lipinski definition) is 3. The Hall–Kier alpha value is -2.04. The zero-order chi connectivity index (χ0) is 19.4. The number of hydrogen-bond donors (Lipinski definition) is 1.